The minimum atomic E-state index is -1.28. The largest absolute Gasteiger partial charge is 0.480 e. The van der Waals surface area contributed by atoms with Gasteiger partial charge in [-0.05, 0) is 25.5 Å². The molecule has 0 spiro atoms. The summed E-state index contributed by atoms with van der Waals surface area (Å²) in [5.74, 6) is -1.55. The van der Waals surface area contributed by atoms with Crippen LogP contribution >= 0.6 is 11.6 Å². The second kappa shape index (κ2) is 5.19. The van der Waals surface area contributed by atoms with Gasteiger partial charge in [-0.2, -0.15) is 0 Å². The van der Waals surface area contributed by atoms with Crippen molar-refractivity contribution >= 4 is 23.5 Å². The van der Waals surface area contributed by atoms with E-state index in [-0.39, 0.29) is 5.56 Å². The van der Waals surface area contributed by atoms with Crippen LogP contribution in [-0.4, -0.2) is 22.5 Å². The number of rotatable bonds is 4. The summed E-state index contributed by atoms with van der Waals surface area (Å²) < 4.78 is 0. The predicted octanol–water partition coefficient (Wildman–Crippen LogP) is 2.32. The molecule has 0 radical (unpaired) electrons. The fourth-order valence-corrected chi connectivity index (χ4v) is 1.48. The SMILES string of the molecule is CCC(C)(NC(=O)c1ccccc1Cl)C(=O)O. The Hall–Kier alpha value is -1.55. The average Bonchev–Trinajstić information content (AvgIpc) is 2.29. The lowest BCUT2D eigenvalue weighted by molar-refractivity contribution is -0.143. The van der Waals surface area contributed by atoms with E-state index in [1.54, 1.807) is 31.2 Å². The number of amides is 1. The second-order valence-corrected chi connectivity index (χ2v) is 4.33. The van der Waals surface area contributed by atoms with Gasteiger partial charge in [0.2, 0.25) is 0 Å². The number of carbonyl (C=O) groups is 2. The maximum Gasteiger partial charge on any atom is 0.329 e. The second-order valence-electron chi connectivity index (χ2n) is 3.92. The Morgan fingerprint density at radius 1 is 1.41 bits per heavy atom. The van der Waals surface area contributed by atoms with E-state index in [0.717, 1.165) is 0 Å². The lowest BCUT2D eigenvalue weighted by atomic mass is 9.98. The molecule has 0 saturated carbocycles. The third kappa shape index (κ3) is 2.97. The zero-order valence-corrected chi connectivity index (χ0v) is 10.4. The molecule has 0 fully saturated rings. The molecular formula is C12H14ClNO3. The van der Waals surface area contributed by atoms with E-state index in [1.165, 1.54) is 6.92 Å². The van der Waals surface area contributed by atoms with Crippen molar-refractivity contribution in [2.24, 2.45) is 0 Å². The van der Waals surface area contributed by atoms with Crippen molar-refractivity contribution in [3.05, 3.63) is 34.9 Å². The monoisotopic (exact) mass is 255 g/mol. The molecule has 0 saturated heterocycles. The Kier molecular flexibility index (Phi) is 4.12. The maximum atomic E-state index is 11.9. The first-order valence-corrected chi connectivity index (χ1v) is 5.59. The van der Waals surface area contributed by atoms with Crippen LogP contribution in [0.25, 0.3) is 0 Å². The number of carbonyl (C=O) groups excluding carboxylic acids is 1. The molecule has 0 aliphatic rings. The van der Waals surface area contributed by atoms with Crippen LogP contribution in [0.2, 0.25) is 5.02 Å². The van der Waals surface area contributed by atoms with Crippen molar-refractivity contribution < 1.29 is 14.7 Å². The molecule has 1 amide bonds. The van der Waals surface area contributed by atoms with Gasteiger partial charge in [0.05, 0.1) is 10.6 Å². The van der Waals surface area contributed by atoms with Gasteiger partial charge < -0.3 is 10.4 Å². The summed E-state index contributed by atoms with van der Waals surface area (Å²) in [5.41, 5.74) is -1.01. The molecule has 1 unspecified atom stereocenters. The normalized spacial score (nSPS) is 13.8. The van der Waals surface area contributed by atoms with E-state index < -0.39 is 17.4 Å². The zero-order valence-electron chi connectivity index (χ0n) is 9.66. The topological polar surface area (TPSA) is 66.4 Å². The van der Waals surface area contributed by atoms with E-state index >= 15 is 0 Å². The molecule has 0 aliphatic heterocycles. The number of nitrogens with one attached hydrogen (secondary N) is 1. The van der Waals surface area contributed by atoms with Crippen LogP contribution < -0.4 is 5.32 Å². The molecule has 5 heteroatoms. The lowest BCUT2D eigenvalue weighted by Gasteiger charge is -2.24. The molecule has 1 rings (SSSR count). The van der Waals surface area contributed by atoms with E-state index in [4.69, 9.17) is 16.7 Å². The molecule has 2 N–H and O–H groups in total. The maximum absolute atomic E-state index is 11.9. The Balaban J connectivity index is 2.93. The highest BCUT2D eigenvalue weighted by atomic mass is 35.5. The summed E-state index contributed by atoms with van der Waals surface area (Å²) in [5, 5.41) is 11.8. The lowest BCUT2D eigenvalue weighted by Crippen LogP contribution is -2.51. The highest BCUT2D eigenvalue weighted by molar-refractivity contribution is 6.33. The van der Waals surface area contributed by atoms with E-state index in [0.29, 0.717) is 11.4 Å². The minimum absolute atomic E-state index is 0.273. The van der Waals surface area contributed by atoms with Gasteiger partial charge >= 0.3 is 5.97 Å². The van der Waals surface area contributed by atoms with Crippen LogP contribution in [-0.2, 0) is 4.79 Å². The number of benzene rings is 1. The highest BCUT2D eigenvalue weighted by Crippen LogP contribution is 2.17. The highest BCUT2D eigenvalue weighted by Gasteiger charge is 2.33. The van der Waals surface area contributed by atoms with Crippen molar-refractivity contribution in [3.63, 3.8) is 0 Å². The molecule has 0 aromatic heterocycles. The standard InChI is InChI=1S/C12H14ClNO3/c1-3-12(2,11(16)17)14-10(15)8-6-4-5-7-9(8)13/h4-7H,3H2,1-2H3,(H,14,15)(H,16,17). The fourth-order valence-electron chi connectivity index (χ4n) is 1.26. The van der Waals surface area contributed by atoms with Gasteiger partial charge in [-0.15, -0.1) is 0 Å². The quantitative estimate of drug-likeness (QED) is 0.868. The molecule has 1 aromatic carbocycles. The van der Waals surface area contributed by atoms with E-state index in [1.807, 2.05) is 0 Å². The van der Waals surface area contributed by atoms with Gasteiger partial charge in [-0.1, -0.05) is 30.7 Å². The molecule has 4 nitrogen and oxygen atoms in total. The summed E-state index contributed by atoms with van der Waals surface area (Å²) in [4.78, 5) is 22.9. The third-order valence-electron chi connectivity index (χ3n) is 2.69. The Bertz CT molecular complexity index is 447. The van der Waals surface area contributed by atoms with Crippen molar-refractivity contribution in [3.8, 4) is 0 Å². The Morgan fingerprint density at radius 3 is 2.47 bits per heavy atom. The van der Waals surface area contributed by atoms with Crippen molar-refractivity contribution in [1.29, 1.82) is 0 Å². The summed E-state index contributed by atoms with van der Waals surface area (Å²) in [6.07, 6.45) is 0.290. The number of hydrogen-bond donors (Lipinski definition) is 2. The van der Waals surface area contributed by atoms with Gasteiger partial charge in [0.15, 0.2) is 0 Å². The zero-order chi connectivity index (χ0) is 13.1. The smallest absolute Gasteiger partial charge is 0.329 e. The van der Waals surface area contributed by atoms with Crippen molar-refractivity contribution in [2.75, 3.05) is 0 Å². The van der Waals surface area contributed by atoms with Gasteiger partial charge in [-0.25, -0.2) is 4.79 Å². The number of carboxylic acid groups (broad SMARTS) is 1. The van der Waals surface area contributed by atoms with Crippen LogP contribution in [0.1, 0.15) is 30.6 Å². The van der Waals surface area contributed by atoms with Gasteiger partial charge in [0, 0.05) is 0 Å². The van der Waals surface area contributed by atoms with Crippen LogP contribution in [0.4, 0.5) is 0 Å². The first kappa shape index (κ1) is 13.5. The molecular weight excluding hydrogens is 242 g/mol. The molecule has 1 atom stereocenters. The predicted molar refractivity (Wildman–Crippen MR) is 65.3 cm³/mol. The Labute approximate surface area is 105 Å². The van der Waals surface area contributed by atoms with Gasteiger partial charge in [-0.3, -0.25) is 4.79 Å². The summed E-state index contributed by atoms with van der Waals surface area (Å²) in [6, 6.07) is 6.51. The molecule has 17 heavy (non-hydrogen) atoms. The summed E-state index contributed by atoms with van der Waals surface area (Å²) >= 11 is 5.86. The van der Waals surface area contributed by atoms with Crippen LogP contribution in [0.3, 0.4) is 0 Å². The summed E-state index contributed by atoms with van der Waals surface area (Å²) in [7, 11) is 0. The third-order valence-corrected chi connectivity index (χ3v) is 3.02. The average molecular weight is 256 g/mol. The molecule has 0 aliphatic carbocycles. The van der Waals surface area contributed by atoms with Crippen LogP contribution in [0, 0.1) is 0 Å². The number of hydrogen-bond acceptors (Lipinski definition) is 2. The molecule has 0 heterocycles. The van der Waals surface area contributed by atoms with E-state index in [2.05, 4.69) is 5.32 Å². The van der Waals surface area contributed by atoms with Gasteiger partial charge in [0.25, 0.3) is 5.91 Å². The summed E-state index contributed by atoms with van der Waals surface area (Å²) in [6.45, 7) is 3.16. The Morgan fingerprint density at radius 2 is 2.00 bits per heavy atom. The molecule has 92 valence electrons. The first-order chi connectivity index (χ1) is 7.90. The number of halogens is 1. The van der Waals surface area contributed by atoms with Crippen LogP contribution in [0.5, 0.6) is 0 Å². The molecule has 0 bridgehead atoms. The van der Waals surface area contributed by atoms with Crippen LogP contribution in [0.15, 0.2) is 24.3 Å². The molecule has 1 aromatic rings. The number of carboxylic acids is 1. The van der Waals surface area contributed by atoms with Gasteiger partial charge in [0.1, 0.15) is 5.54 Å². The van der Waals surface area contributed by atoms with E-state index in [9.17, 15) is 9.59 Å². The minimum Gasteiger partial charge on any atom is -0.480 e. The van der Waals surface area contributed by atoms with Crippen molar-refractivity contribution in [2.45, 2.75) is 25.8 Å². The fraction of sp³-hybridized carbons (Fsp3) is 0.333. The van der Waals surface area contributed by atoms with Crippen molar-refractivity contribution in [1.82, 2.24) is 5.32 Å². The first-order valence-electron chi connectivity index (χ1n) is 5.21. The number of aliphatic carboxylic acids is 1.